The van der Waals surface area contributed by atoms with Crippen molar-refractivity contribution < 1.29 is 4.74 Å². The molecule has 1 N–H and O–H groups in total. The Morgan fingerprint density at radius 3 is 2.64 bits per heavy atom. The highest BCUT2D eigenvalue weighted by Gasteiger charge is 1.89. The van der Waals surface area contributed by atoms with E-state index in [1.807, 2.05) is 6.92 Å². The summed E-state index contributed by atoms with van der Waals surface area (Å²) in [6.07, 6.45) is 3.44. The molecule has 0 heterocycles. The number of rotatable bonds is 5. The normalized spacial score (nSPS) is 10.5. The summed E-state index contributed by atoms with van der Waals surface area (Å²) in [6.45, 7) is 10.2. The maximum absolute atomic E-state index is 4.96. The van der Waals surface area contributed by atoms with Crippen LogP contribution in [0.2, 0.25) is 0 Å². The molecular formula is C9H15NO. The molecule has 0 unspecified atom stereocenters. The summed E-state index contributed by atoms with van der Waals surface area (Å²) < 4.78 is 4.96. The van der Waals surface area contributed by atoms with Gasteiger partial charge in [-0.05, 0) is 13.0 Å². The molecule has 0 rings (SSSR count). The molecule has 0 saturated heterocycles. The van der Waals surface area contributed by atoms with Crippen LogP contribution in [0.4, 0.5) is 0 Å². The molecule has 2 nitrogen and oxygen atoms in total. The SMILES string of the molecule is C=C/C(=C\C(=C)NCC)OC. The summed E-state index contributed by atoms with van der Waals surface area (Å²) in [7, 11) is 1.60. The second-order valence-electron chi connectivity index (χ2n) is 2.01. The van der Waals surface area contributed by atoms with Crippen LogP contribution >= 0.6 is 0 Å². The van der Waals surface area contributed by atoms with E-state index in [0.29, 0.717) is 0 Å². The van der Waals surface area contributed by atoms with E-state index in [0.717, 1.165) is 18.0 Å². The van der Waals surface area contributed by atoms with Crippen molar-refractivity contribution in [3.05, 3.63) is 36.8 Å². The van der Waals surface area contributed by atoms with Gasteiger partial charge in [-0.15, -0.1) is 0 Å². The molecule has 0 aliphatic rings. The van der Waals surface area contributed by atoms with Crippen LogP contribution < -0.4 is 5.32 Å². The Balaban J connectivity index is 4.03. The summed E-state index contributed by atoms with van der Waals surface area (Å²) >= 11 is 0. The standard InChI is InChI=1S/C9H15NO/c1-5-9(11-4)7-8(3)10-6-2/h5,7,10H,1,3,6H2,2,4H3/b9-7+. The molecule has 0 radical (unpaired) electrons. The van der Waals surface area contributed by atoms with Crippen molar-refractivity contribution in [2.24, 2.45) is 0 Å². The molecular weight excluding hydrogens is 138 g/mol. The van der Waals surface area contributed by atoms with E-state index >= 15 is 0 Å². The molecule has 0 saturated carbocycles. The lowest BCUT2D eigenvalue weighted by atomic mass is 10.3. The lowest BCUT2D eigenvalue weighted by molar-refractivity contribution is 0.306. The number of methoxy groups -OCH3 is 1. The number of hydrogen-bond acceptors (Lipinski definition) is 2. The zero-order valence-corrected chi connectivity index (χ0v) is 7.18. The Kier molecular flexibility index (Phi) is 4.99. The summed E-state index contributed by atoms with van der Waals surface area (Å²) in [5.74, 6) is 0.718. The molecule has 0 bridgehead atoms. The Hall–Kier alpha value is -1.18. The van der Waals surface area contributed by atoms with E-state index in [4.69, 9.17) is 4.74 Å². The molecule has 0 aromatic heterocycles. The van der Waals surface area contributed by atoms with Gasteiger partial charge in [0.15, 0.2) is 0 Å². The van der Waals surface area contributed by atoms with Gasteiger partial charge in [0.05, 0.1) is 7.11 Å². The smallest absolute Gasteiger partial charge is 0.120 e. The minimum atomic E-state index is 0.718. The maximum Gasteiger partial charge on any atom is 0.120 e. The van der Waals surface area contributed by atoms with E-state index in [-0.39, 0.29) is 0 Å². The molecule has 0 aliphatic carbocycles. The van der Waals surface area contributed by atoms with Gasteiger partial charge < -0.3 is 10.1 Å². The first-order chi connectivity index (χ1) is 5.24. The first-order valence-corrected chi connectivity index (χ1v) is 3.55. The van der Waals surface area contributed by atoms with E-state index < -0.39 is 0 Å². The number of hydrogen-bond donors (Lipinski definition) is 1. The molecule has 11 heavy (non-hydrogen) atoms. The Bertz CT molecular complexity index is 170. The third-order valence-electron chi connectivity index (χ3n) is 1.16. The van der Waals surface area contributed by atoms with Crippen molar-refractivity contribution in [1.82, 2.24) is 5.32 Å². The van der Waals surface area contributed by atoms with E-state index in [1.165, 1.54) is 0 Å². The fourth-order valence-corrected chi connectivity index (χ4v) is 0.651. The summed E-state index contributed by atoms with van der Waals surface area (Å²) in [6, 6.07) is 0. The van der Waals surface area contributed by atoms with Crippen molar-refractivity contribution in [3.8, 4) is 0 Å². The fourth-order valence-electron chi connectivity index (χ4n) is 0.651. The lowest BCUT2D eigenvalue weighted by Gasteiger charge is -2.03. The molecule has 0 fully saturated rings. The third kappa shape index (κ3) is 4.25. The molecule has 0 atom stereocenters. The highest BCUT2D eigenvalue weighted by atomic mass is 16.5. The van der Waals surface area contributed by atoms with Crippen LogP contribution in [-0.2, 0) is 4.74 Å². The summed E-state index contributed by atoms with van der Waals surface area (Å²) in [5.41, 5.74) is 0.837. The van der Waals surface area contributed by atoms with Gasteiger partial charge in [0, 0.05) is 18.3 Å². The van der Waals surface area contributed by atoms with Gasteiger partial charge in [0.25, 0.3) is 0 Å². The highest BCUT2D eigenvalue weighted by Crippen LogP contribution is 1.99. The third-order valence-corrected chi connectivity index (χ3v) is 1.16. The number of allylic oxidation sites excluding steroid dienone is 2. The summed E-state index contributed by atoms with van der Waals surface area (Å²) in [5, 5.41) is 3.05. The molecule has 0 spiro atoms. The van der Waals surface area contributed by atoms with Crippen LogP contribution in [0.25, 0.3) is 0 Å². The first kappa shape index (κ1) is 9.82. The lowest BCUT2D eigenvalue weighted by Crippen LogP contribution is -2.09. The van der Waals surface area contributed by atoms with Gasteiger partial charge >= 0.3 is 0 Å². The van der Waals surface area contributed by atoms with Crippen LogP contribution in [0.15, 0.2) is 36.8 Å². The van der Waals surface area contributed by atoms with Gasteiger partial charge in [-0.3, -0.25) is 0 Å². The Labute approximate surface area is 68.3 Å². The predicted octanol–water partition coefficient (Wildman–Crippen LogP) is 1.83. The molecule has 62 valence electrons. The quantitative estimate of drug-likeness (QED) is 0.480. The van der Waals surface area contributed by atoms with Gasteiger partial charge in [-0.2, -0.15) is 0 Å². The van der Waals surface area contributed by atoms with E-state index in [2.05, 4.69) is 18.5 Å². The number of nitrogens with one attached hydrogen (secondary N) is 1. The largest absolute Gasteiger partial charge is 0.497 e. The predicted molar refractivity (Wildman–Crippen MR) is 48.1 cm³/mol. The molecule has 0 amide bonds. The van der Waals surface area contributed by atoms with E-state index in [1.54, 1.807) is 19.3 Å². The first-order valence-electron chi connectivity index (χ1n) is 3.55. The topological polar surface area (TPSA) is 21.3 Å². The average Bonchev–Trinajstić information content (AvgIpc) is 2.01. The Morgan fingerprint density at radius 1 is 1.64 bits per heavy atom. The zero-order valence-electron chi connectivity index (χ0n) is 7.18. The van der Waals surface area contributed by atoms with Crippen molar-refractivity contribution in [3.63, 3.8) is 0 Å². The maximum atomic E-state index is 4.96. The van der Waals surface area contributed by atoms with Gasteiger partial charge in [0.1, 0.15) is 5.76 Å². The van der Waals surface area contributed by atoms with E-state index in [9.17, 15) is 0 Å². The van der Waals surface area contributed by atoms with Crippen LogP contribution in [0.3, 0.4) is 0 Å². The van der Waals surface area contributed by atoms with Crippen LogP contribution in [-0.4, -0.2) is 13.7 Å². The van der Waals surface area contributed by atoms with Crippen molar-refractivity contribution in [2.75, 3.05) is 13.7 Å². The molecule has 0 aromatic carbocycles. The Morgan fingerprint density at radius 2 is 2.27 bits per heavy atom. The van der Waals surface area contributed by atoms with Gasteiger partial charge in [-0.1, -0.05) is 13.2 Å². The molecule has 0 aliphatic heterocycles. The van der Waals surface area contributed by atoms with Crippen LogP contribution in [0, 0.1) is 0 Å². The summed E-state index contributed by atoms with van der Waals surface area (Å²) in [4.78, 5) is 0. The number of likely N-dealkylation sites (N-methyl/N-ethyl adjacent to an activating group) is 1. The van der Waals surface area contributed by atoms with Crippen molar-refractivity contribution in [2.45, 2.75) is 6.92 Å². The van der Waals surface area contributed by atoms with Crippen molar-refractivity contribution >= 4 is 0 Å². The second-order valence-corrected chi connectivity index (χ2v) is 2.01. The minimum absolute atomic E-state index is 0.718. The van der Waals surface area contributed by atoms with Gasteiger partial charge in [0.2, 0.25) is 0 Å². The number of ether oxygens (including phenoxy) is 1. The zero-order chi connectivity index (χ0) is 8.69. The van der Waals surface area contributed by atoms with Crippen LogP contribution in [0.1, 0.15) is 6.92 Å². The minimum Gasteiger partial charge on any atom is -0.497 e. The second kappa shape index (κ2) is 5.59. The average molecular weight is 153 g/mol. The monoisotopic (exact) mass is 153 g/mol. The van der Waals surface area contributed by atoms with Gasteiger partial charge in [-0.25, -0.2) is 0 Å². The van der Waals surface area contributed by atoms with Crippen LogP contribution in [0.5, 0.6) is 0 Å². The molecule has 2 heteroatoms. The van der Waals surface area contributed by atoms with Crippen molar-refractivity contribution in [1.29, 1.82) is 0 Å². The highest BCUT2D eigenvalue weighted by molar-refractivity contribution is 5.21. The fraction of sp³-hybridized carbons (Fsp3) is 0.333. The molecule has 0 aromatic rings.